The van der Waals surface area contributed by atoms with Crippen LogP contribution < -0.4 is 15.0 Å². The SMILES string of the molecule is Cc1cc(C)cc(NC(=O)CN2CC(=O)Oc3cc([N+](=O)[O-])ccc32)c1. The minimum absolute atomic E-state index is 0.0765. The second kappa shape index (κ2) is 6.83. The number of benzene rings is 2. The van der Waals surface area contributed by atoms with Crippen LogP contribution in [0.25, 0.3) is 0 Å². The van der Waals surface area contributed by atoms with Crippen molar-refractivity contribution in [3.05, 3.63) is 57.6 Å². The first kappa shape index (κ1) is 17.4. The Balaban J connectivity index is 1.78. The van der Waals surface area contributed by atoms with Gasteiger partial charge in [0.25, 0.3) is 5.69 Å². The molecule has 2 aromatic rings. The first-order valence-corrected chi connectivity index (χ1v) is 7.94. The number of rotatable bonds is 4. The molecular formula is C18H17N3O5. The van der Waals surface area contributed by atoms with E-state index >= 15 is 0 Å². The summed E-state index contributed by atoms with van der Waals surface area (Å²) in [5.41, 5.74) is 3.01. The Morgan fingerprint density at radius 3 is 2.58 bits per heavy atom. The van der Waals surface area contributed by atoms with E-state index in [2.05, 4.69) is 5.32 Å². The van der Waals surface area contributed by atoms with Gasteiger partial charge in [0.05, 0.1) is 23.2 Å². The lowest BCUT2D eigenvalue weighted by molar-refractivity contribution is -0.384. The maximum absolute atomic E-state index is 12.4. The van der Waals surface area contributed by atoms with Gasteiger partial charge in [0, 0.05) is 11.8 Å². The summed E-state index contributed by atoms with van der Waals surface area (Å²) in [4.78, 5) is 36.0. The van der Waals surface area contributed by atoms with Crippen LogP contribution in [0.1, 0.15) is 11.1 Å². The lowest BCUT2D eigenvalue weighted by Gasteiger charge is -2.29. The van der Waals surface area contributed by atoms with E-state index in [-0.39, 0.29) is 30.4 Å². The molecule has 2 aromatic carbocycles. The number of non-ortho nitro benzene ring substituents is 1. The Bertz CT molecular complexity index is 889. The fourth-order valence-electron chi connectivity index (χ4n) is 2.92. The lowest BCUT2D eigenvalue weighted by Crippen LogP contribution is -2.41. The van der Waals surface area contributed by atoms with Gasteiger partial charge < -0.3 is 15.0 Å². The number of ether oxygens (including phenoxy) is 1. The summed E-state index contributed by atoms with van der Waals surface area (Å²) in [6.45, 7) is 3.69. The maximum atomic E-state index is 12.4. The third kappa shape index (κ3) is 3.80. The van der Waals surface area contributed by atoms with Gasteiger partial charge in [-0.15, -0.1) is 0 Å². The number of fused-ring (bicyclic) bond motifs is 1. The topological polar surface area (TPSA) is 102 Å². The van der Waals surface area contributed by atoms with Gasteiger partial charge in [0.2, 0.25) is 5.91 Å². The Morgan fingerprint density at radius 2 is 1.92 bits per heavy atom. The summed E-state index contributed by atoms with van der Waals surface area (Å²) in [5, 5.41) is 13.7. The number of carbonyl (C=O) groups excluding carboxylic acids is 2. The lowest BCUT2D eigenvalue weighted by atomic mass is 10.1. The fourth-order valence-corrected chi connectivity index (χ4v) is 2.92. The molecule has 0 aliphatic carbocycles. The van der Waals surface area contributed by atoms with E-state index in [0.29, 0.717) is 11.4 Å². The predicted octanol–water partition coefficient (Wildman–Crippen LogP) is 2.58. The molecule has 0 fully saturated rings. The number of amides is 1. The third-order valence-corrected chi connectivity index (χ3v) is 3.88. The molecule has 134 valence electrons. The average molecular weight is 355 g/mol. The highest BCUT2D eigenvalue weighted by Crippen LogP contribution is 2.35. The average Bonchev–Trinajstić information content (AvgIpc) is 2.52. The van der Waals surface area contributed by atoms with E-state index < -0.39 is 10.9 Å². The molecule has 0 saturated carbocycles. The van der Waals surface area contributed by atoms with Crippen LogP contribution in [0.2, 0.25) is 0 Å². The zero-order valence-corrected chi connectivity index (χ0v) is 14.3. The summed E-state index contributed by atoms with van der Waals surface area (Å²) in [5.74, 6) is -0.791. The predicted molar refractivity (Wildman–Crippen MR) is 95.5 cm³/mol. The number of hydrogen-bond acceptors (Lipinski definition) is 6. The van der Waals surface area contributed by atoms with Crippen LogP contribution in [-0.2, 0) is 9.59 Å². The molecule has 1 amide bonds. The van der Waals surface area contributed by atoms with Gasteiger partial charge in [-0.2, -0.15) is 0 Å². The molecule has 0 atom stereocenters. The third-order valence-electron chi connectivity index (χ3n) is 3.88. The quantitative estimate of drug-likeness (QED) is 0.391. The zero-order chi connectivity index (χ0) is 18.8. The fraction of sp³-hybridized carbons (Fsp3) is 0.222. The number of aryl methyl sites for hydroxylation is 2. The van der Waals surface area contributed by atoms with Crippen molar-refractivity contribution in [2.75, 3.05) is 23.3 Å². The molecule has 1 N–H and O–H groups in total. The largest absolute Gasteiger partial charge is 0.423 e. The first-order valence-electron chi connectivity index (χ1n) is 7.94. The van der Waals surface area contributed by atoms with Crippen LogP contribution in [0.3, 0.4) is 0 Å². The second-order valence-corrected chi connectivity index (χ2v) is 6.16. The molecule has 0 aromatic heterocycles. The number of esters is 1. The number of nitrogens with zero attached hydrogens (tertiary/aromatic N) is 2. The second-order valence-electron chi connectivity index (χ2n) is 6.16. The number of carbonyl (C=O) groups is 2. The summed E-state index contributed by atoms with van der Waals surface area (Å²) in [6.07, 6.45) is 0. The van der Waals surface area contributed by atoms with Crippen molar-refractivity contribution in [1.29, 1.82) is 0 Å². The number of hydrogen-bond donors (Lipinski definition) is 1. The molecule has 0 unspecified atom stereocenters. The van der Waals surface area contributed by atoms with E-state index in [1.807, 2.05) is 32.0 Å². The summed E-state index contributed by atoms with van der Waals surface area (Å²) in [6, 6.07) is 9.68. The van der Waals surface area contributed by atoms with Gasteiger partial charge in [-0.25, -0.2) is 4.79 Å². The molecule has 8 heteroatoms. The van der Waals surface area contributed by atoms with Crippen molar-refractivity contribution < 1.29 is 19.2 Å². The van der Waals surface area contributed by atoms with Crippen LogP contribution in [-0.4, -0.2) is 29.9 Å². The maximum Gasteiger partial charge on any atom is 0.331 e. The highest BCUT2D eigenvalue weighted by atomic mass is 16.6. The van der Waals surface area contributed by atoms with Crippen molar-refractivity contribution in [3.63, 3.8) is 0 Å². The minimum atomic E-state index is -0.572. The van der Waals surface area contributed by atoms with E-state index in [0.717, 1.165) is 11.1 Å². The highest BCUT2D eigenvalue weighted by Gasteiger charge is 2.27. The standard InChI is InChI=1S/C18H17N3O5/c1-11-5-12(2)7-13(6-11)19-17(22)9-20-10-18(23)26-16-8-14(21(24)25)3-4-15(16)20/h3-8H,9-10H2,1-2H3,(H,19,22). The van der Waals surface area contributed by atoms with Gasteiger partial charge in [-0.05, 0) is 43.2 Å². The molecule has 1 aliphatic heterocycles. The molecule has 0 bridgehead atoms. The molecule has 1 heterocycles. The zero-order valence-electron chi connectivity index (χ0n) is 14.3. The van der Waals surface area contributed by atoms with Crippen LogP contribution in [0.15, 0.2) is 36.4 Å². The van der Waals surface area contributed by atoms with Crippen molar-refractivity contribution in [2.24, 2.45) is 0 Å². The van der Waals surface area contributed by atoms with Crippen molar-refractivity contribution >= 4 is 28.9 Å². The van der Waals surface area contributed by atoms with Gasteiger partial charge in [0.15, 0.2) is 5.75 Å². The van der Waals surface area contributed by atoms with E-state index in [1.165, 1.54) is 23.1 Å². The number of nitro benzene ring substituents is 1. The number of nitrogens with one attached hydrogen (secondary N) is 1. The highest BCUT2D eigenvalue weighted by molar-refractivity contribution is 5.96. The van der Waals surface area contributed by atoms with Gasteiger partial charge in [-0.3, -0.25) is 14.9 Å². The monoisotopic (exact) mass is 355 g/mol. The number of nitro groups is 1. The van der Waals surface area contributed by atoms with E-state index in [9.17, 15) is 19.7 Å². The number of anilines is 2. The summed E-state index contributed by atoms with van der Waals surface area (Å²) in [7, 11) is 0. The van der Waals surface area contributed by atoms with Gasteiger partial charge >= 0.3 is 5.97 Å². The molecule has 3 rings (SSSR count). The smallest absolute Gasteiger partial charge is 0.331 e. The Hall–Kier alpha value is -3.42. The van der Waals surface area contributed by atoms with Crippen molar-refractivity contribution in [3.8, 4) is 5.75 Å². The van der Waals surface area contributed by atoms with E-state index in [1.54, 1.807) is 0 Å². The summed E-state index contributed by atoms with van der Waals surface area (Å²) < 4.78 is 5.07. The Kier molecular flexibility index (Phi) is 4.57. The minimum Gasteiger partial charge on any atom is -0.423 e. The van der Waals surface area contributed by atoms with Gasteiger partial charge in [0.1, 0.15) is 6.54 Å². The first-order chi connectivity index (χ1) is 12.3. The van der Waals surface area contributed by atoms with Crippen LogP contribution in [0.5, 0.6) is 5.75 Å². The molecule has 8 nitrogen and oxygen atoms in total. The Morgan fingerprint density at radius 1 is 1.23 bits per heavy atom. The Labute approximate surface area is 149 Å². The summed E-state index contributed by atoms with van der Waals surface area (Å²) >= 11 is 0. The molecule has 0 radical (unpaired) electrons. The van der Waals surface area contributed by atoms with Gasteiger partial charge in [-0.1, -0.05) is 6.07 Å². The molecule has 0 saturated heterocycles. The molecule has 26 heavy (non-hydrogen) atoms. The molecular weight excluding hydrogens is 338 g/mol. The molecule has 1 aliphatic rings. The van der Waals surface area contributed by atoms with Crippen LogP contribution >= 0.6 is 0 Å². The molecule has 0 spiro atoms. The van der Waals surface area contributed by atoms with Crippen LogP contribution in [0.4, 0.5) is 17.1 Å². The van der Waals surface area contributed by atoms with Crippen molar-refractivity contribution in [2.45, 2.75) is 13.8 Å². The normalized spacial score (nSPS) is 13.0. The van der Waals surface area contributed by atoms with E-state index in [4.69, 9.17) is 4.74 Å². The van der Waals surface area contributed by atoms with Crippen LogP contribution in [0, 0.1) is 24.0 Å². The van der Waals surface area contributed by atoms with Crippen molar-refractivity contribution in [1.82, 2.24) is 0 Å².